The van der Waals surface area contributed by atoms with Crippen LogP contribution in [-0.2, 0) is 21.3 Å². The third-order valence-corrected chi connectivity index (χ3v) is 9.38. The molecular formula is C25H31N3O4S2. The van der Waals surface area contributed by atoms with Crippen LogP contribution in [0.3, 0.4) is 0 Å². The maximum Gasteiger partial charge on any atom is 0.279 e. The van der Waals surface area contributed by atoms with Crippen LogP contribution < -0.4 is 4.80 Å². The number of para-hydroxylation sites is 1. The zero-order valence-corrected chi connectivity index (χ0v) is 21.5. The van der Waals surface area contributed by atoms with Crippen molar-refractivity contribution in [2.75, 3.05) is 20.3 Å². The molecule has 1 aliphatic rings. The van der Waals surface area contributed by atoms with Crippen molar-refractivity contribution in [3.8, 4) is 0 Å². The molecule has 0 saturated carbocycles. The Balaban J connectivity index is 1.65. The number of sulfonamides is 1. The van der Waals surface area contributed by atoms with Gasteiger partial charge in [-0.2, -0.15) is 9.30 Å². The molecule has 0 aliphatic carbocycles. The van der Waals surface area contributed by atoms with Crippen molar-refractivity contribution in [3.63, 3.8) is 0 Å². The SMILES string of the molecule is CCC1CCCCN1S(=O)(=O)c1ccc(C(=O)N=c2sc3cccc(C)c3n2CCOC)cc1. The number of carbonyl (C=O) groups is 1. The van der Waals surface area contributed by atoms with Gasteiger partial charge in [0.1, 0.15) is 0 Å². The monoisotopic (exact) mass is 501 g/mol. The molecule has 1 atom stereocenters. The number of rotatable bonds is 7. The second kappa shape index (κ2) is 10.5. The summed E-state index contributed by atoms with van der Waals surface area (Å²) >= 11 is 1.46. The van der Waals surface area contributed by atoms with Gasteiger partial charge in [-0.1, -0.05) is 36.8 Å². The number of hydrogen-bond acceptors (Lipinski definition) is 5. The van der Waals surface area contributed by atoms with Gasteiger partial charge in [-0.05, 0) is 62.1 Å². The maximum absolute atomic E-state index is 13.2. The fraction of sp³-hybridized carbons (Fsp3) is 0.440. The Morgan fingerprint density at radius 2 is 1.94 bits per heavy atom. The lowest BCUT2D eigenvalue weighted by atomic mass is 10.0. The highest BCUT2D eigenvalue weighted by Gasteiger charge is 2.32. The third kappa shape index (κ3) is 4.88. The molecule has 4 rings (SSSR count). The zero-order chi connectivity index (χ0) is 24.3. The van der Waals surface area contributed by atoms with E-state index in [0.717, 1.165) is 41.5 Å². The topological polar surface area (TPSA) is 81.0 Å². The predicted molar refractivity (Wildman–Crippen MR) is 135 cm³/mol. The molecule has 1 aromatic heterocycles. The maximum atomic E-state index is 13.2. The van der Waals surface area contributed by atoms with E-state index < -0.39 is 15.9 Å². The molecule has 2 aromatic carbocycles. The molecule has 1 aliphatic heterocycles. The molecular weight excluding hydrogens is 470 g/mol. The van der Waals surface area contributed by atoms with Crippen molar-refractivity contribution in [1.29, 1.82) is 0 Å². The summed E-state index contributed by atoms with van der Waals surface area (Å²) < 4.78 is 36.4. The minimum absolute atomic E-state index is 0.0361. The number of fused-ring (bicyclic) bond motifs is 1. The number of aromatic nitrogens is 1. The largest absolute Gasteiger partial charge is 0.383 e. The van der Waals surface area contributed by atoms with Crippen LogP contribution in [0.5, 0.6) is 0 Å². The second-order valence-electron chi connectivity index (χ2n) is 8.57. The summed E-state index contributed by atoms with van der Waals surface area (Å²) in [6.45, 7) is 5.69. The molecule has 0 spiro atoms. The molecule has 1 fully saturated rings. The fourth-order valence-corrected chi connectivity index (χ4v) is 7.44. The summed E-state index contributed by atoms with van der Waals surface area (Å²) in [5.41, 5.74) is 2.51. The highest BCUT2D eigenvalue weighted by Crippen LogP contribution is 2.27. The van der Waals surface area contributed by atoms with Gasteiger partial charge in [-0.3, -0.25) is 4.79 Å². The molecule has 2 heterocycles. The van der Waals surface area contributed by atoms with E-state index in [1.807, 2.05) is 36.6 Å². The molecule has 9 heteroatoms. The molecule has 3 aromatic rings. The summed E-state index contributed by atoms with van der Waals surface area (Å²) in [7, 11) is -1.94. The zero-order valence-electron chi connectivity index (χ0n) is 19.9. The highest BCUT2D eigenvalue weighted by molar-refractivity contribution is 7.89. The van der Waals surface area contributed by atoms with Crippen molar-refractivity contribution < 1.29 is 17.9 Å². The second-order valence-corrected chi connectivity index (χ2v) is 11.5. The van der Waals surface area contributed by atoms with Crippen LogP contribution in [0.2, 0.25) is 0 Å². The first-order chi connectivity index (χ1) is 16.4. The standard InChI is InChI=1S/C25H31N3O4S2/c1-4-20-9-5-6-15-28(20)34(30,31)21-13-11-19(12-14-21)24(29)26-25-27(16-17-32-3)23-18(2)8-7-10-22(23)33-25/h7-8,10-14,20H,4-6,9,15-17H2,1-3H3. The third-order valence-electron chi connectivity index (χ3n) is 6.37. The van der Waals surface area contributed by atoms with Crippen LogP contribution in [0, 0.1) is 6.92 Å². The van der Waals surface area contributed by atoms with Gasteiger partial charge in [0.25, 0.3) is 5.91 Å². The Bertz CT molecular complexity index is 1340. The number of nitrogens with zero attached hydrogens (tertiary/aromatic N) is 3. The highest BCUT2D eigenvalue weighted by atomic mass is 32.2. The molecule has 0 bridgehead atoms. The number of amides is 1. The Morgan fingerprint density at radius 3 is 2.65 bits per heavy atom. The van der Waals surface area contributed by atoms with Gasteiger partial charge in [0.05, 0.1) is 21.7 Å². The van der Waals surface area contributed by atoms with E-state index in [1.54, 1.807) is 23.5 Å². The van der Waals surface area contributed by atoms with Crippen molar-refractivity contribution in [3.05, 3.63) is 58.4 Å². The molecule has 182 valence electrons. The van der Waals surface area contributed by atoms with E-state index in [0.29, 0.717) is 30.1 Å². The van der Waals surface area contributed by atoms with Crippen molar-refractivity contribution in [2.24, 2.45) is 4.99 Å². The molecule has 34 heavy (non-hydrogen) atoms. The number of carbonyl (C=O) groups excluding carboxylic acids is 1. The average Bonchev–Trinajstić information content (AvgIpc) is 3.20. The number of hydrogen-bond donors (Lipinski definition) is 0. The fourth-order valence-electron chi connectivity index (χ4n) is 4.54. The number of ether oxygens (including phenoxy) is 1. The van der Waals surface area contributed by atoms with Gasteiger partial charge >= 0.3 is 0 Å². The number of methoxy groups -OCH3 is 1. The summed E-state index contributed by atoms with van der Waals surface area (Å²) in [4.78, 5) is 18.2. The van der Waals surface area contributed by atoms with Gasteiger partial charge in [0, 0.05) is 31.8 Å². The van der Waals surface area contributed by atoms with E-state index in [1.165, 1.54) is 23.5 Å². The van der Waals surface area contributed by atoms with E-state index in [-0.39, 0.29) is 10.9 Å². The Labute approximate surface area is 204 Å². The Hall–Kier alpha value is -2.33. The number of piperidine rings is 1. The first-order valence-electron chi connectivity index (χ1n) is 11.7. The van der Waals surface area contributed by atoms with Crippen LogP contribution in [0.25, 0.3) is 10.2 Å². The van der Waals surface area contributed by atoms with E-state index in [9.17, 15) is 13.2 Å². The van der Waals surface area contributed by atoms with Gasteiger partial charge in [-0.25, -0.2) is 8.42 Å². The number of thiazole rings is 1. The predicted octanol–water partition coefficient (Wildman–Crippen LogP) is 4.35. The van der Waals surface area contributed by atoms with E-state index in [4.69, 9.17) is 4.74 Å². The van der Waals surface area contributed by atoms with Crippen molar-refractivity contribution in [2.45, 2.75) is 57.0 Å². The summed E-state index contributed by atoms with van der Waals surface area (Å²) in [6.07, 6.45) is 3.62. The van der Waals surface area contributed by atoms with E-state index >= 15 is 0 Å². The van der Waals surface area contributed by atoms with Crippen molar-refractivity contribution in [1.82, 2.24) is 8.87 Å². The minimum atomic E-state index is -3.59. The first-order valence-corrected chi connectivity index (χ1v) is 13.9. The molecule has 0 N–H and O–H groups in total. The quantitative estimate of drug-likeness (QED) is 0.482. The van der Waals surface area contributed by atoms with Crippen LogP contribution >= 0.6 is 11.3 Å². The van der Waals surface area contributed by atoms with Gasteiger partial charge in [-0.15, -0.1) is 0 Å². The number of benzene rings is 2. The summed E-state index contributed by atoms with van der Waals surface area (Å²) in [5.74, 6) is -0.399. The van der Waals surface area contributed by atoms with E-state index in [2.05, 4.69) is 4.99 Å². The molecule has 7 nitrogen and oxygen atoms in total. The van der Waals surface area contributed by atoms with Crippen LogP contribution in [0.1, 0.15) is 48.5 Å². The van der Waals surface area contributed by atoms with Gasteiger partial charge < -0.3 is 9.30 Å². The summed E-state index contributed by atoms with van der Waals surface area (Å²) in [5, 5.41) is 0. The van der Waals surface area contributed by atoms with Crippen LogP contribution in [0.4, 0.5) is 0 Å². The van der Waals surface area contributed by atoms with Gasteiger partial charge in [0.15, 0.2) is 4.80 Å². The smallest absolute Gasteiger partial charge is 0.279 e. The van der Waals surface area contributed by atoms with Crippen LogP contribution in [-0.4, -0.2) is 49.5 Å². The lowest BCUT2D eigenvalue weighted by Crippen LogP contribution is -2.43. The molecule has 1 amide bonds. The lowest BCUT2D eigenvalue weighted by Gasteiger charge is -2.34. The normalized spacial score (nSPS) is 18.0. The summed E-state index contributed by atoms with van der Waals surface area (Å²) in [6, 6.07) is 12.2. The molecule has 1 saturated heterocycles. The molecule has 0 radical (unpaired) electrons. The first kappa shape index (κ1) is 24.8. The van der Waals surface area contributed by atoms with Gasteiger partial charge in [0.2, 0.25) is 10.0 Å². The average molecular weight is 502 g/mol. The van der Waals surface area contributed by atoms with Crippen LogP contribution in [0.15, 0.2) is 52.4 Å². The minimum Gasteiger partial charge on any atom is -0.383 e. The Kier molecular flexibility index (Phi) is 7.67. The Morgan fingerprint density at radius 1 is 1.18 bits per heavy atom. The number of aryl methyl sites for hydroxylation is 1. The van der Waals surface area contributed by atoms with Crippen molar-refractivity contribution >= 4 is 37.5 Å². The lowest BCUT2D eigenvalue weighted by molar-refractivity contribution is 0.0997. The molecule has 1 unspecified atom stereocenters.